The molecular formula is C21H13ClI2N2O2. The number of oxazole rings is 1. The Labute approximate surface area is 193 Å². The summed E-state index contributed by atoms with van der Waals surface area (Å²) in [7, 11) is 0. The Hall–Kier alpha value is -1.65. The van der Waals surface area contributed by atoms with Gasteiger partial charge >= 0.3 is 0 Å². The van der Waals surface area contributed by atoms with Gasteiger partial charge < -0.3 is 9.52 Å². The minimum atomic E-state index is 0.216. The van der Waals surface area contributed by atoms with Crippen molar-refractivity contribution in [2.45, 2.75) is 6.92 Å². The van der Waals surface area contributed by atoms with Crippen molar-refractivity contribution in [2.24, 2.45) is 4.99 Å². The summed E-state index contributed by atoms with van der Waals surface area (Å²) in [5, 5.41) is 10.8. The molecule has 0 amide bonds. The first-order chi connectivity index (χ1) is 13.4. The molecule has 0 aliphatic carbocycles. The van der Waals surface area contributed by atoms with Crippen molar-refractivity contribution >= 4 is 79.8 Å². The monoisotopic (exact) mass is 614 g/mol. The van der Waals surface area contributed by atoms with Crippen molar-refractivity contribution in [1.29, 1.82) is 0 Å². The van der Waals surface area contributed by atoms with Crippen LogP contribution in [0.1, 0.15) is 11.1 Å². The van der Waals surface area contributed by atoms with Gasteiger partial charge in [0.1, 0.15) is 11.3 Å². The third-order valence-corrected chi connectivity index (χ3v) is 5.91. The number of hydrogen-bond donors (Lipinski definition) is 1. The van der Waals surface area contributed by atoms with E-state index in [1.165, 1.54) is 0 Å². The van der Waals surface area contributed by atoms with E-state index >= 15 is 0 Å². The van der Waals surface area contributed by atoms with Gasteiger partial charge in [0, 0.05) is 15.3 Å². The van der Waals surface area contributed by atoms with Gasteiger partial charge in [-0.1, -0.05) is 17.7 Å². The van der Waals surface area contributed by atoms with Crippen molar-refractivity contribution in [2.75, 3.05) is 0 Å². The topological polar surface area (TPSA) is 58.6 Å². The predicted molar refractivity (Wildman–Crippen MR) is 130 cm³/mol. The number of fused-ring (bicyclic) bond motifs is 1. The number of halogens is 3. The quantitative estimate of drug-likeness (QED) is 0.198. The fraction of sp³-hybridized carbons (Fsp3) is 0.0476. The van der Waals surface area contributed by atoms with Gasteiger partial charge in [0.25, 0.3) is 0 Å². The van der Waals surface area contributed by atoms with Gasteiger partial charge in [-0.25, -0.2) is 4.98 Å². The lowest BCUT2D eigenvalue weighted by Gasteiger charge is -2.04. The van der Waals surface area contributed by atoms with Gasteiger partial charge in [-0.05, 0) is 100 Å². The molecule has 1 aromatic heterocycles. The molecule has 0 saturated carbocycles. The second-order valence-electron chi connectivity index (χ2n) is 6.24. The number of aliphatic imine (C=N–C) groups is 1. The van der Waals surface area contributed by atoms with Gasteiger partial charge in [-0.2, -0.15) is 0 Å². The van der Waals surface area contributed by atoms with E-state index in [1.807, 2.05) is 49.4 Å². The normalized spacial score (nSPS) is 11.6. The Balaban J connectivity index is 1.73. The minimum Gasteiger partial charge on any atom is -0.506 e. The van der Waals surface area contributed by atoms with E-state index in [1.54, 1.807) is 12.3 Å². The fourth-order valence-corrected chi connectivity index (χ4v) is 4.83. The lowest BCUT2D eigenvalue weighted by atomic mass is 10.2. The molecule has 4 aromatic rings. The minimum absolute atomic E-state index is 0.216. The average Bonchev–Trinajstić information content (AvgIpc) is 3.07. The van der Waals surface area contributed by atoms with Crippen LogP contribution in [0.25, 0.3) is 22.6 Å². The maximum Gasteiger partial charge on any atom is 0.228 e. The Morgan fingerprint density at radius 2 is 1.93 bits per heavy atom. The third kappa shape index (κ3) is 4.04. The third-order valence-electron chi connectivity index (χ3n) is 4.13. The van der Waals surface area contributed by atoms with Crippen LogP contribution in [0.3, 0.4) is 0 Å². The molecule has 1 N–H and O–H groups in total. The second-order valence-corrected chi connectivity index (χ2v) is 9.05. The highest BCUT2D eigenvalue weighted by molar-refractivity contribution is 14.1. The number of aromatic nitrogens is 1. The standard InChI is InChI=1S/C21H13ClI2N2O2/c1-11-2-5-19-18(6-11)26-21(28-19)15-9-14(3-4-16(15)22)25-10-12-7-13(23)8-17(24)20(12)27/h2-10,27H,1H3. The molecule has 28 heavy (non-hydrogen) atoms. The number of rotatable bonds is 3. The molecule has 140 valence electrons. The second kappa shape index (κ2) is 8.00. The van der Waals surface area contributed by atoms with Crippen LogP contribution in [-0.2, 0) is 0 Å². The molecule has 0 bridgehead atoms. The first kappa shape index (κ1) is 19.7. The van der Waals surface area contributed by atoms with E-state index in [4.69, 9.17) is 16.0 Å². The molecule has 0 fully saturated rings. The zero-order valence-corrected chi connectivity index (χ0v) is 19.7. The molecule has 7 heteroatoms. The van der Waals surface area contributed by atoms with Crippen LogP contribution in [0.5, 0.6) is 5.75 Å². The van der Waals surface area contributed by atoms with Gasteiger partial charge in [-0.3, -0.25) is 4.99 Å². The lowest BCUT2D eigenvalue weighted by Crippen LogP contribution is -1.88. The molecule has 0 unspecified atom stereocenters. The number of aromatic hydroxyl groups is 1. The van der Waals surface area contributed by atoms with E-state index in [-0.39, 0.29) is 5.75 Å². The molecule has 4 rings (SSSR count). The summed E-state index contributed by atoms with van der Waals surface area (Å²) in [5.74, 6) is 0.669. The molecule has 0 spiro atoms. The van der Waals surface area contributed by atoms with Crippen LogP contribution in [0.2, 0.25) is 5.02 Å². The van der Waals surface area contributed by atoms with Crippen LogP contribution < -0.4 is 0 Å². The summed E-state index contributed by atoms with van der Waals surface area (Å²) >= 11 is 10.7. The molecule has 3 aromatic carbocycles. The number of nitrogens with zero attached hydrogens (tertiary/aromatic N) is 2. The van der Waals surface area contributed by atoms with Crippen molar-refractivity contribution in [1.82, 2.24) is 4.98 Å². The SMILES string of the molecule is Cc1ccc2oc(-c3cc(N=Cc4cc(I)cc(I)c4O)ccc3Cl)nc2c1. The highest BCUT2D eigenvalue weighted by atomic mass is 127. The van der Waals surface area contributed by atoms with Crippen molar-refractivity contribution in [3.8, 4) is 17.2 Å². The maximum absolute atomic E-state index is 10.2. The largest absolute Gasteiger partial charge is 0.506 e. The Bertz CT molecular complexity index is 1230. The van der Waals surface area contributed by atoms with Crippen LogP contribution in [0.15, 0.2) is 57.9 Å². The first-order valence-corrected chi connectivity index (χ1v) is 10.8. The molecule has 1 heterocycles. The number of benzene rings is 3. The van der Waals surface area contributed by atoms with Crippen LogP contribution in [-0.4, -0.2) is 16.3 Å². The van der Waals surface area contributed by atoms with Crippen molar-refractivity contribution < 1.29 is 9.52 Å². The van der Waals surface area contributed by atoms with Gasteiger partial charge in [-0.15, -0.1) is 0 Å². The number of hydrogen-bond acceptors (Lipinski definition) is 4. The number of phenolic OH excluding ortho intramolecular Hbond substituents is 1. The van der Waals surface area contributed by atoms with Gasteiger partial charge in [0.05, 0.1) is 19.8 Å². The van der Waals surface area contributed by atoms with Gasteiger partial charge in [0.15, 0.2) is 5.58 Å². The Morgan fingerprint density at radius 3 is 2.75 bits per heavy atom. The van der Waals surface area contributed by atoms with Crippen LogP contribution in [0.4, 0.5) is 5.69 Å². The molecular weight excluding hydrogens is 602 g/mol. The molecule has 0 radical (unpaired) electrons. The highest BCUT2D eigenvalue weighted by Crippen LogP contribution is 2.33. The summed E-state index contributed by atoms with van der Waals surface area (Å²) in [6, 6.07) is 15.0. The zero-order chi connectivity index (χ0) is 19.8. The van der Waals surface area contributed by atoms with Crippen molar-refractivity contribution in [3.05, 3.63) is 71.8 Å². The summed E-state index contributed by atoms with van der Waals surface area (Å²) < 4.78 is 7.68. The maximum atomic E-state index is 10.2. The average molecular weight is 615 g/mol. The highest BCUT2D eigenvalue weighted by Gasteiger charge is 2.13. The molecule has 4 nitrogen and oxygen atoms in total. The van der Waals surface area contributed by atoms with E-state index in [2.05, 4.69) is 55.2 Å². The molecule has 0 saturated heterocycles. The summed E-state index contributed by atoms with van der Waals surface area (Å²) in [6.45, 7) is 2.01. The van der Waals surface area contributed by atoms with E-state index < -0.39 is 0 Å². The molecule has 0 aliphatic heterocycles. The smallest absolute Gasteiger partial charge is 0.228 e. The summed E-state index contributed by atoms with van der Waals surface area (Å²) in [5.41, 5.74) is 4.63. The Morgan fingerprint density at radius 1 is 1.11 bits per heavy atom. The van der Waals surface area contributed by atoms with Crippen LogP contribution in [0, 0.1) is 14.1 Å². The molecule has 0 atom stereocenters. The number of phenols is 1. The number of aryl methyl sites for hydroxylation is 1. The van der Waals surface area contributed by atoms with E-state index in [0.29, 0.717) is 33.3 Å². The Kier molecular flexibility index (Phi) is 5.62. The predicted octanol–water partition coefficient (Wildman–Crippen LogP) is 7.12. The van der Waals surface area contributed by atoms with Crippen LogP contribution >= 0.6 is 56.8 Å². The fourth-order valence-electron chi connectivity index (χ4n) is 2.74. The summed E-state index contributed by atoms with van der Waals surface area (Å²) in [4.78, 5) is 9.05. The van der Waals surface area contributed by atoms with Crippen molar-refractivity contribution in [3.63, 3.8) is 0 Å². The summed E-state index contributed by atoms with van der Waals surface area (Å²) in [6.07, 6.45) is 1.64. The first-order valence-electron chi connectivity index (χ1n) is 8.30. The van der Waals surface area contributed by atoms with E-state index in [9.17, 15) is 5.11 Å². The zero-order valence-electron chi connectivity index (χ0n) is 14.6. The lowest BCUT2D eigenvalue weighted by molar-refractivity contribution is 0.470. The van der Waals surface area contributed by atoms with Gasteiger partial charge in [0.2, 0.25) is 5.89 Å². The molecule has 0 aliphatic rings. The van der Waals surface area contributed by atoms with E-state index in [0.717, 1.165) is 18.2 Å².